The fourth-order valence-corrected chi connectivity index (χ4v) is 2.99. The zero-order valence-corrected chi connectivity index (χ0v) is 13.2. The van der Waals surface area contributed by atoms with Crippen LogP contribution in [0, 0.1) is 0 Å². The van der Waals surface area contributed by atoms with Crippen LogP contribution in [0.5, 0.6) is 0 Å². The molecule has 1 fully saturated rings. The van der Waals surface area contributed by atoms with Crippen molar-refractivity contribution in [1.82, 2.24) is 9.88 Å². The molecule has 23 heavy (non-hydrogen) atoms. The molecule has 1 amide bonds. The van der Waals surface area contributed by atoms with Crippen molar-refractivity contribution < 1.29 is 14.3 Å². The molecule has 1 aromatic carbocycles. The van der Waals surface area contributed by atoms with Gasteiger partial charge in [0.1, 0.15) is 11.7 Å². The average molecular weight is 312 g/mol. The third kappa shape index (κ3) is 3.18. The lowest BCUT2D eigenvalue weighted by Crippen LogP contribution is -2.48. The maximum atomic E-state index is 12.8. The van der Waals surface area contributed by atoms with E-state index in [0.717, 1.165) is 23.7 Å². The summed E-state index contributed by atoms with van der Waals surface area (Å²) in [6.07, 6.45) is 2.48. The van der Waals surface area contributed by atoms with E-state index in [9.17, 15) is 9.59 Å². The number of fused-ring (bicyclic) bond motifs is 1. The molecular formula is C18H20N2O3. The van der Waals surface area contributed by atoms with Crippen molar-refractivity contribution in [2.75, 3.05) is 13.2 Å². The molecule has 3 rings (SSSR count). The minimum atomic E-state index is -0.496. The van der Waals surface area contributed by atoms with Gasteiger partial charge in [0.05, 0.1) is 12.1 Å². The van der Waals surface area contributed by atoms with E-state index in [0.29, 0.717) is 25.3 Å². The van der Waals surface area contributed by atoms with Crippen LogP contribution in [0.3, 0.4) is 0 Å². The molecule has 5 nitrogen and oxygen atoms in total. The number of para-hydroxylation sites is 1. The van der Waals surface area contributed by atoms with Crippen LogP contribution in [0.4, 0.5) is 0 Å². The molecule has 1 saturated heterocycles. The Hall–Kier alpha value is -2.43. The molecule has 1 aliphatic heterocycles. The number of carbonyl (C=O) groups excluding carboxylic acids is 2. The molecule has 120 valence electrons. The van der Waals surface area contributed by atoms with Crippen molar-refractivity contribution in [3.63, 3.8) is 0 Å². The maximum absolute atomic E-state index is 12.8. The van der Waals surface area contributed by atoms with Crippen LogP contribution in [-0.2, 0) is 9.53 Å². The van der Waals surface area contributed by atoms with Crippen molar-refractivity contribution in [2.24, 2.45) is 0 Å². The standard InChI is InChI=1S/C18H20N2O3/c1-2-23-18(22)16-9-5-6-12-20(16)17(21)15-11-10-13-7-3-4-8-14(13)19-15/h3-4,7-8,10-11,16H,2,5-6,9,12H2,1H3. The lowest BCUT2D eigenvalue weighted by Gasteiger charge is -2.33. The summed E-state index contributed by atoms with van der Waals surface area (Å²) >= 11 is 0. The van der Waals surface area contributed by atoms with Crippen molar-refractivity contribution in [3.05, 3.63) is 42.1 Å². The molecule has 1 aliphatic rings. The maximum Gasteiger partial charge on any atom is 0.328 e. The van der Waals surface area contributed by atoms with E-state index in [-0.39, 0.29) is 11.9 Å². The second kappa shape index (κ2) is 6.77. The summed E-state index contributed by atoms with van der Waals surface area (Å²) in [5.74, 6) is -0.519. The molecule has 0 radical (unpaired) electrons. The molecule has 1 unspecified atom stereocenters. The Bertz CT molecular complexity index is 729. The molecular weight excluding hydrogens is 292 g/mol. The van der Waals surface area contributed by atoms with Crippen LogP contribution in [-0.4, -0.2) is 41.0 Å². The van der Waals surface area contributed by atoms with Crippen LogP contribution >= 0.6 is 0 Å². The number of benzene rings is 1. The number of hydrogen-bond acceptors (Lipinski definition) is 4. The molecule has 0 aliphatic carbocycles. The lowest BCUT2D eigenvalue weighted by atomic mass is 10.0. The molecule has 2 heterocycles. The topological polar surface area (TPSA) is 59.5 Å². The largest absolute Gasteiger partial charge is 0.464 e. The number of nitrogens with zero attached hydrogens (tertiary/aromatic N) is 2. The minimum Gasteiger partial charge on any atom is -0.464 e. The van der Waals surface area contributed by atoms with Crippen LogP contribution in [0.1, 0.15) is 36.7 Å². The van der Waals surface area contributed by atoms with E-state index in [1.165, 1.54) is 0 Å². The highest BCUT2D eigenvalue weighted by molar-refractivity contribution is 5.97. The van der Waals surface area contributed by atoms with E-state index in [4.69, 9.17) is 4.74 Å². The number of esters is 1. The average Bonchev–Trinajstić information content (AvgIpc) is 2.61. The number of amides is 1. The first-order valence-electron chi connectivity index (χ1n) is 8.04. The normalized spacial score (nSPS) is 18.0. The van der Waals surface area contributed by atoms with Crippen molar-refractivity contribution in [3.8, 4) is 0 Å². The van der Waals surface area contributed by atoms with Crippen molar-refractivity contribution in [2.45, 2.75) is 32.2 Å². The third-order valence-corrected chi connectivity index (χ3v) is 4.14. The number of aromatic nitrogens is 1. The number of hydrogen-bond donors (Lipinski definition) is 0. The first kappa shape index (κ1) is 15.5. The Balaban J connectivity index is 1.87. The summed E-state index contributed by atoms with van der Waals surface area (Å²) in [4.78, 5) is 31.0. The fourth-order valence-electron chi connectivity index (χ4n) is 2.99. The van der Waals surface area contributed by atoms with E-state index in [1.54, 1.807) is 17.9 Å². The number of carbonyl (C=O) groups is 2. The lowest BCUT2D eigenvalue weighted by molar-refractivity contribution is -0.149. The Morgan fingerprint density at radius 3 is 2.87 bits per heavy atom. The van der Waals surface area contributed by atoms with Gasteiger partial charge >= 0.3 is 5.97 Å². The summed E-state index contributed by atoms with van der Waals surface area (Å²) in [5.41, 5.74) is 1.16. The number of ether oxygens (including phenoxy) is 1. The molecule has 0 bridgehead atoms. The van der Waals surface area contributed by atoms with Crippen molar-refractivity contribution in [1.29, 1.82) is 0 Å². The number of pyridine rings is 1. The molecule has 1 aromatic heterocycles. The zero-order valence-electron chi connectivity index (χ0n) is 13.2. The van der Waals surface area contributed by atoms with E-state index in [1.807, 2.05) is 30.3 Å². The van der Waals surface area contributed by atoms with Gasteiger partial charge in [0.15, 0.2) is 0 Å². The minimum absolute atomic E-state index is 0.200. The summed E-state index contributed by atoms with van der Waals surface area (Å²) in [7, 11) is 0. The molecule has 0 saturated carbocycles. The first-order chi connectivity index (χ1) is 11.2. The predicted molar refractivity (Wildman–Crippen MR) is 87.1 cm³/mol. The summed E-state index contributed by atoms with van der Waals surface area (Å²) < 4.78 is 5.11. The van der Waals surface area contributed by atoms with Crippen LogP contribution in [0.2, 0.25) is 0 Å². The van der Waals surface area contributed by atoms with Gasteiger partial charge in [-0.05, 0) is 38.3 Å². The highest BCUT2D eigenvalue weighted by Crippen LogP contribution is 2.21. The van der Waals surface area contributed by atoms with Crippen LogP contribution in [0.15, 0.2) is 36.4 Å². The zero-order chi connectivity index (χ0) is 16.2. The van der Waals surface area contributed by atoms with Gasteiger partial charge in [-0.2, -0.15) is 0 Å². The van der Waals surface area contributed by atoms with Crippen molar-refractivity contribution >= 4 is 22.8 Å². The Morgan fingerprint density at radius 2 is 2.04 bits per heavy atom. The molecule has 0 spiro atoms. The number of rotatable bonds is 3. The molecule has 0 N–H and O–H groups in total. The van der Waals surface area contributed by atoms with Gasteiger partial charge in [-0.3, -0.25) is 4.79 Å². The highest BCUT2D eigenvalue weighted by Gasteiger charge is 2.34. The van der Waals surface area contributed by atoms with Gasteiger partial charge in [-0.15, -0.1) is 0 Å². The van der Waals surface area contributed by atoms with Gasteiger partial charge < -0.3 is 9.64 Å². The Labute approximate surface area is 135 Å². The van der Waals surface area contributed by atoms with Crippen LogP contribution in [0.25, 0.3) is 10.9 Å². The molecule has 1 atom stereocenters. The summed E-state index contributed by atoms with van der Waals surface area (Å²) in [6.45, 7) is 2.67. The Morgan fingerprint density at radius 1 is 1.22 bits per heavy atom. The van der Waals surface area contributed by atoms with Gasteiger partial charge in [0.2, 0.25) is 0 Å². The number of piperidine rings is 1. The third-order valence-electron chi connectivity index (χ3n) is 4.14. The first-order valence-corrected chi connectivity index (χ1v) is 8.04. The van der Waals surface area contributed by atoms with E-state index < -0.39 is 6.04 Å². The fraction of sp³-hybridized carbons (Fsp3) is 0.389. The quantitative estimate of drug-likeness (QED) is 0.818. The van der Waals surface area contributed by atoms with E-state index in [2.05, 4.69) is 4.98 Å². The highest BCUT2D eigenvalue weighted by atomic mass is 16.5. The second-order valence-electron chi connectivity index (χ2n) is 5.65. The predicted octanol–water partition coefficient (Wildman–Crippen LogP) is 2.79. The van der Waals surface area contributed by atoms with Gasteiger partial charge in [-0.25, -0.2) is 9.78 Å². The molecule has 5 heteroatoms. The van der Waals surface area contributed by atoms with Gasteiger partial charge in [-0.1, -0.05) is 24.3 Å². The monoisotopic (exact) mass is 312 g/mol. The second-order valence-corrected chi connectivity index (χ2v) is 5.65. The van der Waals surface area contributed by atoms with Gasteiger partial charge in [0.25, 0.3) is 5.91 Å². The smallest absolute Gasteiger partial charge is 0.328 e. The molecule has 2 aromatic rings. The number of likely N-dealkylation sites (tertiary alicyclic amines) is 1. The summed E-state index contributed by atoms with van der Waals surface area (Å²) in [6, 6.07) is 10.8. The van der Waals surface area contributed by atoms with E-state index >= 15 is 0 Å². The Kier molecular flexibility index (Phi) is 4.55. The SMILES string of the molecule is CCOC(=O)C1CCCCN1C(=O)c1ccc2ccccc2n1. The summed E-state index contributed by atoms with van der Waals surface area (Å²) in [5, 5.41) is 0.990. The van der Waals surface area contributed by atoms with Gasteiger partial charge in [0, 0.05) is 11.9 Å². The van der Waals surface area contributed by atoms with Crippen LogP contribution < -0.4 is 0 Å².